The fourth-order valence-electron chi connectivity index (χ4n) is 1.17. The molecule has 0 radical (unpaired) electrons. The van der Waals surface area contributed by atoms with Crippen molar-refractivity contribution in [1.82, 2.24) is 4.90 Å². The Labute approximate surface area is 85.9 Å². The second-order valence-electron chi connectivity index (χ2n) is 3.41. The molecule has 0 aliphatic rings. The summed E-state index contributed by atoms with van der Waals surface area (Å²) in [6.45, 7) is 1.98. The fraction of sp³-hybridized carbons (Fsp3) is 0.900. The maximum absolute atomic E-state index is 10.8. The maximum Gasteiger partial charge on any atom is 0.306 e. The Hall–Kier alpha value is -0.610. The van der Waals surface area contributed by atoms with E-state index in [2.05, 4.69) is 9.64 Å². The van der Waals surface area contributed by atoms with Crippen LogP contribution in [0.5, 0.6) is 0 Å². The molecule has 0 rings (SSSR count). The number of aliphatic hydroxyl groups excluding tert-OH is 1. The van der Waals surface area contributed by atoms with Crippen molar-refractivity contribution in [3.63, 3.8) is 0 Å². The summed E-state index contributed by atoms with van der Waals surface area (Å²) < 4.78 is 4.54. The highest BCUT2D eigenvalue weighted by molar-refractivity contribution is 5.69. The van der Waals surface area contributed by atoms with Crippen LogP contribution in [0.3, 0.4) is 0 Å². The molecule has 0 aromatic rings. The quantitative estimate of drug-likeness (QED) is 0.464. The molecular weight excluding hydrogens is 182 g/mol. The second kappa shape index (κ2) is 8.97. The Kier molecular flexibility index (Phi) is 8.57. The van der Waals surface area contributed by atoms with Crippen LogP contribution in [0.1, 0.15) is 25.7 Å². The number of methoxy groups -OCH3 is 1. The van der Waals surface area contributed by atoms with Crippen molar-refractivity contribution in [3.8, 4) is 0 Å². The number of hydrogen-bond donors (Lipinski definition) is 1. The van der Waals surface area contributed by atoms with Crippen molar-refractivity contribution in [2.75, 3.05) is 33.9 Å². The maximum atomic E-state index is 10.8. The van der Waals surface area contributed by atoms with Crippen LogP contribution in [0.15, 0.2) is 0 Å². The number of ether oxygens (including phenoxy) is 1. The number of unbranched alkanes of at least 4 members (excludes halogenated alkanes) is 2. The zero-order chi connectivity index (χ0) is 10.8. The zero-order valence-electron chi connectivity index (χ0n) is 9.16. The van der Waals surface area contributed by atoms with Crippen LogP contribution in [0.2, 0.25) is 0 Å². The van der Waals surface area contributed by atoms with Gasteiger partial charge in [0.1, 0.15) is 0 Å². The highest BCUT2D eigenvalue weighted by atomic mass is 16.5. The predicted octanol–water partition coefficient (Wildman–Crippen LogP) is 0.644. The minimum absolute atomic E-state index is 0.160. The number of hydrogen-bond acceptors (Lipinski definition) is 4. The lowest BCUT2D eigenvalue weighted by Crippen LogP contribution is -2.23. The largest absolute Gasteiger partial charge is 0.469 e. The van der Waals surface area contributed by atoms with Gasteiger partial charge < -0.3 is 14.7 Å². The predicted molar refractivity (Wildman–Crippen MR) is 55.1 cm³/mol. The van der Waals surface area contributed by atoms with Crippen molar-refractivity contribution >= 4 is 5.97 Å². The van der Waals surface area contributed by atoms with Crippen LogP contribution in [0.4, 0.5) is 0 Å². The summed E-state index contributed by atoms with van der Waals surface area (Å²) in [5, 5.41) is 8.56. The normalized spacial score (nSPS) is 10.6. The van der Waals surface area contributed by atoms with E-state index < -0.39 is 0 Å². The molecule has 0 aliphatic carbocycles. The van der Waals surface area contributed by atoms with Gasteiger partial charge in [0.15, 0.2) is 0 Å². The molecule has 84 valence electrons. The summed E-state index contributed by atoms with van der Waals surface area (Å²) in [6.07, 6.45) is 3.43. The number of nitrogens with zero attached hydrogens (tertiary/aromatic N) is 1. The number of aliphatic hydroxyl groups is 1. The highest BCUT2D eigenvalue weighted by Crippen LogP contribution is 1.97. The summed E-state index contributed by atoms with van der Waals surface area (Å²) in [7, 11) is 3.39. The zero-order valence-corrected chi connectivity index (χ0v) is 9.16. The lowest BCUT2D eigenvalue weighted by Gasteiger charge is -2.15. The van der Waals surface area contributed by atoms with E-state index in [0.717, 1.165) is 32.4 Å². The highest BCUT2D eigenvalue weighted by Gasteiger charge is 2.03. The molecule has 0 bridgehead atoms. The Morgan fingerprint density at radius 3 is 2.57 bits per heavy atom. The molecule has 0 aromatic heterocycles. The van der Waals surface area contributed by atoms with Gasteiger partial charge in [-0.3, -0.25) is 4.79 Å². The van der Waals surface area contributed by atoms with Crippen molar-refractivity contribution < 1.29 is 14.6 Å². The lowest BCUT2D eigenvalue weighted by molar-refractivity contribution is -0.140. The van der Waals surface area contributed by atoms with Crippen molar-refractivity contribution in [1.29, 1.82) is 0 Å². The molecule has 0 fully saturated rings. The van der Waals surface area contributed by atoms with Gasteiger partial charge in [-0.1, -0.05) is 0 Å². The summed E-state index contributed by atoms with van der Waals surface area (Å²) in [5.74, 6) is -0.160. The molecule has 4 nitrogen and oxygen atoms in total. The molecule has 0 heterocycles. The smallest absolute Gasteiger partial charge is 0.306 e. The summed E-state index contributed by atoms with van der Waals surface area (Å²) in [5.41, 5.74) is 0. The van der Waals surface area contributed by atoms with Gasteiger partial charge in [-0.25, -0.2) is 0 Å². The number of carbonyl (C=O) groups excluding carboxylic acids is 1. The van der Waals surface area contributed by atoms with Gasteiger partial charge >= 0.3 is 5.97 Å². The number of esters is 1. The molecule has 0 amide bonds. The van der Waals surface area contributed by atoms with Crippen LogP contribution < -0.4 is 0 Å². The number of carbonyl (C=O) groups is 1. The molecule has 0 spiro atoms. The third-order valence-corrected chi connectivity index (χ3v) is 2.12. The van der Waals surface area contributed by atoms with E-state index in [1.54, 1.807) is 0 Å². The van der Waals surface area contributed by atoms with Gasteiger partial charge in [0.2, 0.25) is 0 Å². The first-order chi connectivity index (χ1) is 6.70. The van der Waals surface area contributed by atoms with Gasteiger partial charge in [0, 0.05) is 13.2 Å². The van der Waals surface area contributed by atoms with Crippen molar-refractivity contribution in [3.05, 3.63) is 0 Å². The summed E-state index contributed by atoms with van der Waals surface area (Å²) in [6, 6.07) is 0. The molecule has 0 aliphatic heterocycles. The molecule has 0 saturated heterocycles. The molecular formula is C10H21NO3. The van der Waals surface area contributed by atoms with Crippen LogP contribution >= 0.6 is 0 Å². The van der Waals surface area contributed by atoms with Gasteiger partial charge in [0.05, 0.1) is 13.5 Å². The molecule has 4 heteroatoms. The fourth-order valence-corrected chi connectivity index (χ4v) is 1.17. The number of rotatable bonds is 8. The molecule has 0 atom stereocenters. The molecule has 0 unspecified atom stereocenters. The second-order valence-corrected chi connectivity index (χ2v) is 3.41. The third-order valence-electron chi connectivity index (χ3n) is 2.12. The van der Waals surface area contributed by atoms with Crippen LogP contribution in [0.25, 0.3) is 0 Å². The van der Waals surface area contributed by atoms with Crippen LogP contribution in [-0.4, -0.2) is 49.8 Å². The molecule has 1 N–H and O–H groups in total. The van der Waals surface area contributed by atoms with Crippen LogP contribution in [-0.2, 0) is 9.53 Å². The minimum Gasteiger partial charge on any atom is -0.469 e. The van der Waals surface area contributed by atoms with Gasteiger partial charge in [-0.05, 0) is 32.9 Å². The van der Waals surface area contributed by atoms with E-state index in [4.69, 9.17) is 5.11 Å². The molecule has 0 aromatic carbocycles. The topological polar surface area (TPSA) is 49.8 Å². The van der Waals surface area contributed by atoms with Crippen molar-refractivity contribution in [2.24, 2.45) is 0 Å². The lowest BCUT2D eigenvalue weighted by atomic mass is 10.2. The average Bonchev–Trinajstić information content (AvgIpc) is 2.21. The summed E-state index contributed by atoms with van der Waals surface area (Å²) >= 11 is 0. The van der Waals surface area contributed by atoms with E-state index in [-0.39, 0.29) is 12.6 Å². The Bertz CT molecular complexity index is 150. The van der Waals surface area contributed by atoms with E-state index >= 15 is 0 Å². The van der Waals surface area contributed by atoms with Crippen LogP contribution in [0, 0.1) is 0 Å². The third kappa shape index (κ3) is 8.01. The standard InChI is InChI=1S/C10H21NO3/c1-11(7-4-3-5-9-12)8-6-10(13)14-2/h12H,3-9H2,1-2H3. The Balaban J connectivity index is 3.27. The van der Waals surface area contributed by atoms with Gasteiger partial charge in [0.25, 0.3) is 0 Å². The Morgan fingerprint density at radius 1 is 1.29 bits per heavy atom. The SMILES string of the molecule is COC(=O)CCN(C)CCCCCO. The van der Waals surface area contributed by atoms with Gasteiger partial charge in [-0.2, -0.15) is 0 Å². The summed E-state index contributed by atoms with van der Waals surface area (Å²) in [4.78, 5) is 12.9. The Morgan fingerprint density at radius 2 is 2.00 bits per heavy atom. The van der Waals surface area contributed by atoms with E-state index in [0.29, 0.717) is 6.42 Å². The monoisotopic (exact) mass is 203 g/mol. The minimum atomic E-state index is -0.160. The first kappa shape index (κ1) is 13.4. The molecule has 0 saturated carbocycles. The first-order valence-corrected chi connectivity index (χ1v) is 5.07. The van der Waals surface area contributed by atoms with E-state index in [1.807, 2.05) is 7.05 Å². The van der Waals surface area contributed by atoms with Gasteiger partial charge in [-0.15, -0.1) is 0 Å². The first-order valence-electron chi connectivity index (χ1n) is 5.07. The average molecular weight is 203 g/mol. The van der Waals surface area contributed by atoms with E-state index in [9.17, 15) is 4.79 Å². The van der Waals surface area contributed by atoms with E-state index in [1.165, 1.54) is 7.11 Å². The molecule has 14 heavy (non-hydrogen) atoms. The van der Waals surface area contributed by atoms with Crippen molar-refractivity contribution in [2.45, 2.75) is 25.7 Å².